The van der Waals surface area contributed by atoms with E-state index in [0.717, 1.165) is 0 Å². The predicted molar refractivity (Wildman–Crippen MR) is 66.6 cm³/mol. The number of hydrogen-bond acceptors (Lipinski definition) is 6. The van der Waals surface area contributed by atoms with Crippen LogP contribution in [-0.2, 0) is 14.3 Å². The van der Waals surface area contributed by atoms with Crippen LogP contribution in [0.1, 0.15) is 19.4 Å². The average Bonchev–Trinajstić information content (AvgIpc) is 2.60. The molecule has 2 rings (SSSR count). The van der Waals surface area contributed by atoms with Gasteiger partial charge in [-0.2, -0.15) is 0 Å². The zero-order chi connectivity index (χ0) is 14.0. The van der Waals surface area contributed by atoms with Crippen molar-refractivity contribution in [2.24, 2.45) is 4.99 Å². The van der Waals surface area contributed by atoms with E-state index in [9.17, 15) is 14.7 Å². The highest BCUT2D eigenvalue weighted by Gasteiger charge is 2.20. The lowest BCUT2D eigenvalue weighted by Gasteiger charge is -2.04. The number of ether oxygens (including phenoxy) is 2. The van der Waals surface area contributed by atoms with Gasteiger partial charge in [0.05, 0.1) is 0 Å². The Morgan fingerprint density at radius 3 is 2.74 bits per heavy atom. The van der Waals surface area contributed by atoms with Crippen LogP contribution in [0.15, 0.2) is 28.9 Å². The van der Waals surface area contributed by atoms with Gasteiger partial charge in [-0.05, 0) is 18.2 Å². The lowest BCUT2D eigenvalue weighted by molar-refractivity contribution is -0.132. The largest absolute Gasteiger partial charge is 0.507 e. The smallest absolute Gasteiger partial charge is 0.363 e. The molecule has 6 heteroatoms. The summed E-state index contributed by atoms with van der Waals surface area (Å²) < 4.78 is 9.57. The maximum atomic E-state index is 11.4. The SMILES string of the molecule is CC(=O)Oc1ccc(/C=C2\N=C(C)OC2=O)c(O)c1. The Bertz CT molecular complexity index is 615. The molecule has 0 fully saturated rings. The van der Waals surface area contributed by atoms with Crippen molar-refractivity contribution in [2.75, 3.05) is 0 Å². The second kappa shape index (κ2) is 4.93. The topological polar surface area (TPSA) is 85.2 Å². The van der Waals surface area contributed by atoms with Crippen LogP contribution in [0, 0.1) is 0 Å². The van der Waals surface area contributed by atoms with Crippen LogP contribution in [0.5, 0.6) is 11.5 Å². The Kier molecular flexibility index (Phi) is 3.33. The van der Waals surface area contributed by atoms with Gasteiger partial charge in [-0.15, -0.1) is 0 Å². The van der Waals surface area contributed by atoms with E-state index in [1.807, 2.05) is 0 Å². The fraction of sp³-hybridized carbons (Fsp3) is 0.154. The average molecular weight is 261 g/mol. The normalized spacial score (nSPS) is 16.2. The Morgan fingerprint density at radius 1 is 1.47 bits per heavy atom. The molecule has 0 atom stereocenters. The molecular formula is C13H11NO5. The zero-order valence-electron chi connectivity index (χ0n) is 10.3. The number of carbonyl (C=O) groups excluding carboxylic acids is 2. The number of phenolic OH excluding ortho intramolecular Hbond substituents is 1. The summed E-state index contributed by atoms with van der Waals surface area (Å²) in [5, 5.41) is 9.78. The summed E-state index contributed by atoms with van der Waals surface area (Å²) in [4.78, 5) is 26.0. The van der Waals surface area contributed by atoms with Crippen LogP contribution in [-0.4, -0.2) is 22.9 Å². The first-order valence-electron chi connectivity index (χ1n) is 5.46. The van der Waals surface area contributed by atoms with Crippen molar-refractivity contribution in [3.05, 3.63) is 29.5 Å². The van der Waals surface area contributed by atoms with Gasteiger partial charge in [0.15, 0.2) is 11.6 Å². The number of aliphatic imine (C=N–C) groups is 1. The van der Waals surface area contributed by atoms with E-state index < -0.39 is 11.9 Å². The molecule has 0 unspecified atom stereocenters. The minimum atomic E-state index is -0.569. The van der Waals surface area contributed by atoms with Gasteiger partial charge in [0, 0.05) is 25.5 Å². The van der Waals surface area contributed by atoms with Gasteiger partial charge in [-0.1, -0.05) is 0 Å². The summed E-state index contributed by atoms with van der Waals surface area (Å²) in [6, 6.07) is 4.30. The second-order valence-electron chi connectivity index (χ2n) is 3.86. The maximum absolute atomic E-state index is 11.4. The summed E-state index contributed by atoms with van der Waals surface area (Å²) >= 11 is 0. The molecule has 0 amide bonds. The molecule has 0 saturated heterocycles. The number of rotatable bonds is 2. The number of hydrogen-bond donors (Lipinski definition) is 1. The molecule has 1 aliphatic rings. The van der Waals surface area contributed by atoms with Crippen LogP contribution in [0.3, 0.4) is 0 Å². The van der Waals surface area contributed by atoms with Gasteiger partial charge in [-0.25, -0.2) is 9.79 Å². The second-order valence-corrected chi connectivity index (χ2v) is 3.86. The minimum Gasteiger partial charge on any atom is -0.507 e. The van der Waals surface area contributed by atoms with Crippen molar-refractivity contribution in [1.82, 2.24) is 0 Å². The highest BCUT2D eigenvalue weighted by atomic mass is 16.6. The summed E-state index contributed by atoms with van der Waals surface area (Å²) in [7, 11) is 0. The molecule has 0 spiro atoms. The monoisotopic (exact) mass is 261 g/mol. The van der Waals surface area contributed by atoms with E-state index in [1.165, 1.54) is 31.2 Å². The third-order valence-corrected chi connectivity index (χ3v) is 2.28. The number of esters is 2. The van der Waals surface area contributed by atoms with Crippen LogP contribution in [0.2, 0.25) is 0 Å². The number of carbonyl (C=O) groups is 2. The van der Waals surface area contributed by atoms with Crippen molar-refractivity contribution in [3.63, 3.8) is 0 Å². The molecule has 0 aliphatic carbocycles. The van der Waals surface area contributed by atoms with Crippen molar-refractivity contribution >= 4 is 23.9 Å². The van der Waals surface area contributed by atoms with E-state index in [-0.39, 0.29) is 23.1 Å². The number of benzene rings is 1. The first-order valence-corrected chi connectivity index (χ1v) is 5.46. The molecule has 1 N–H and O–H groups in total. The van der Waals surface area contributed by atoms with E-state index in [4.69, 9.17) is 9.47 Å². The number of nitrogens with zero attached hydrogens (tertiary/aromatic N) is 1. The number of cyclic esters (lactones) is 1. The Labute approximate surface area is 109 Å². The number of aromatic hydroxyl groups is 1. The summed E-state index contributed by atoms with van der Waals surface area (Å²) in [6.07, 6.45) is 1.39. The summed E-state index contributed by atoms with van der Waals surface area (Å²) in [5.74, 6) is -0.696. The molecule has 0 saturated carbocycles. The molecule has 1 aromatic rings. The summed E-state index contributed by atoms with van der Waals surface area (Å²) in [5.41, 5.74) is 0.481. The van der Waals surface area contributed by atoms with Gasteiger partial charge in [0.2, 0.25) is 0 Å². The Balaban J connectivity index is 2.29. The number of phenols is 1. The minimum absolute atomic E-state index is 0.105. The fourth-order valence-electron chi connectivity index (χ4n) is 1.54. The first-order chi connectivity index (χ1) is 8.95. The van der Waals surface area contributed by atoms with Crippen LogP contribution in [0.4, 0.5) is 0 Å². The third kappa shape index (κ3) is 2.98. The maximum Gasteiger partial charge on any atom is 0.363 e. The predicted octanol–water partition coefficient (Wildman–Crippen LogP) is 1.63. The van der Waals surface area contributed by atoms with E-state index in [2.05, 4.69) is 4.99 Å². The van der Waals surface area contributed by atoms with Gasteiger partial charge in [-0.3, -0.25) is 4.79 Å². The first kappa shape index (κ1) is 12.8. The Morgan fingerprint density at radius 2 is 2.21 bits per heavy atom. The van der Waals surface area contributed by atoms with Crippen molar-refractivity contribution < 1.29 is 24.2 Å². The Hall–Kier alpha value is -2.63. The third-order valence-electron chi connectivity index (χ3n) is 2.28. The van der Waals surface area contributed by atoms with Crippen LogP contribution < -0.4 is 4.74 Å². The molecule has 0 bridgehead atoms. The highest BCUT2D eigenvalue weighted by Crippen LogP contribution is 2.27. The van der Waals surface area contributed by atoms with Crippen LogP contribution >= 0.6 is 0 Å². The molecule has 6 nitrogen and oxygen atoms in total. The zero-order valence-corrected chi connectivity index (χ0v) is 10.3. The van der Waals surface area contributed by atoms with Gasteiger partial charge in [0.1, 0.15) is 11.5 Å². The van der Waals surface area contributed by atoms with Crippen molar-refractivity contribution in [3.8, 4) is 11.5 Å². The quantitative estimate of drug-likeness (QED) is 0.497. The van der Waals surface area contributed by atoms with Gasteiger partial charge in [0.25, 0.3) is 0 Å². The molecule has 1 aliphatic heterocycles. The van der Waals surface area contributed by atoms with Crippen molar-refractivity contribution in [1.29, 1.82) is 0 Å². The standard InChI is InChI=1S/C13H11NO5/c1-7-14-11(13(17)18-7)5-9-3-4-10(6-12(9)16)19-8(2)15/h3-6,16H,1-2H3/b11-5-. The molecule has 0 aromatic heterocycles. The van der Waals surface area contributed by atoms with E-state index in [0.29, 0.717) is 5.56 Å². The fourth-order valence-corrected chi connectivity index (χ4v) is 1.54. The molecular weight excluding hydrogens is 250 g/mol. The molecule has 1 heterocycles. The van der Waals surface area contributed by atoms with E-state index >= 15 is 0 Å². The van der Waals surface area contributed by atoms with Gasteiger partial charge < -0.3 is 14.6 Å². The van der Waals surface area contributed by atoms with Crippen LogP contribution in [0.25, 0.3) is 6.08 Å². The van der Waals surface area contributed by atoms with E-state index in [1.54, 1.807) is 6.92 Å². The molecule has 1 aromatic carbocycles. The molecule has 98 valence electrons. The summed E-state index contributed by atoms with van der Waals surface area (Å²) in [6.45, 7) is 2.82. The highest BCUT2D eigenvalue weighted by molar-refractivity contribution is 6.06. The lowest BCUT2D eigenvalue weighted by atomic mass is 10.1. The van der Waals surface area contributed by atoms with Crippen molar-refractivity contribution in [2.45, 2.75) is 13.8 Å². The molecule has 19 heavy (non-hydrogen) atoms. The lowest BCUT2D eigenvalue weighted by Crippen LogP contribution is -2.01. The van der Waals surface area contributed by atoms with Gasteiger partial charge >= 0.3 is 11.9 Å². The molecule has 0 radical (unpaired) electrons.